The van der Waals surface area contributed by atoms with E-state index in [4.69, 9.17) is 0 Å². The van der Waals surface area contributed by atoms with Crippen molar-refractivity contribution >= 4 is 15.5 Å². The second kappa shape index (κ2) is 16.6. The third-order valence-electron chi connectivity index (χ3n) is 0.0711. The van der Waals surface area contributed by atoms with Crippen LogP contribution < -0.4 is 0 Å². The molecule has 0 heterocycles. The molecule has 2 N–H and O–H groups in total. The van der Waals surface area contributed by atoms with Gasteiger partial charge < -0.3 is 5.48 Å². The van der Waals surface area contributed by atoms with E-state index in [1.165, 1.54) is 12.9 Å². The minimum atomic E-state index is 0. The summed E-state index contributed by atoms with van der Waals surface area (Å²) >= 11 is 1.38. The molecule has 1 nitrogen and oxygen atoms in total. The third-order valence-corrected chi connectivity index (χ3v) is 0.879. The van der Waals surface area contributed by atoms with Crippen LogP contribution in [0.3, 0.4) is 0 Å². The number of rotatable bonds is 0. The van der Waals surface area contributed by atoms with Crippen LogP contribution in [0, 0.1) is 0 Å². The van der Waals surface area contributed by atoms with Crippen LogP contribution in [0.2, 0.25) is 0 Å². The maximum atomic E-state index is 4.40. The molecule has 0 unspecified atom stereocenters. The van der Waals surface area contributed by atoms with E-state index >= 15 is 0 Å². The molecule has 6 heavy (non-hydrogen) atoms. The Morgan fingerprint density at radius 2 is 1.83 bits per heavy atom. The third kappa shape index (κ3) is 19.6. The summed E-state index contributed by atoms with van der Waals surface area (Å²) in [6.07, 6.45) is 0. The standard InChI is InChI=1S/C2H4.Cu.Ni.H2O.S/c1-2;;;;/h1H,2H3;;;1H2;. The van der Waals surface area contributed by atoms with Crippen LogP contribution in [0.15, 0.2) is 0 Å². The monoisotopic (exact) mass is 199 g/mol. The molecule has 0 aliphatic heterocycles. The minimum Gasteiger partial charge on any atom is -0.412 e. The van der Waals surface area contributed by atoms with Gasteiger partial charge in [0, 0.05) is 16.5 Å². The summed E-state index contributed by atoms with van der Waals surface area (Å²) < 4.78 is 0. The first-order valence-electron chi connectivity index (χ1n) is 0.875. The predicted octanol–water partition coefficient (Wildman–Crippen LogP) is 0.176. The van der Waals surface area contributed by atoms with E-state index in [0.29, 0.717) is 0 Å². The summed E-state index contributed by atoms with van der Waals surface area (Å²) in [5.41, 5.74) is 0. The minimum absolute atomic E-state index is 0. The van der Waals surface area contributed by atoms with E-state index in [1.807, 2.05) is 11.8 Å². The van der Waals surface area contributed by atoms with Gasteiger partial charge in [-0.25, -0.2) is 0 Å². The fraction of sp³-hybridized carbons (Fsp3) is 0.500. The van der Waals surface area contributed by atoms with Crippen molar-refractivity contribution in [2.75, 3.05) is 0 Å². The van der Waals surface area contributed by atoms with Gasteiger partial charge in [0.15, 0.2) is 0 Å². The summed E-state index contributed by atoms with van der Waals surface area (Å²) in [6, 6.07) is 0. The Labute approximate surface area is 57.3 Å². The van der Waals surface area contributed by atoms with Crippen molar-refractivity contribution in [3.05, 3.63) is 0 Å². The zero-order chi connectivity index (χ0) is 3.41. The van der Waals surface area contributed by atoms with Crippen LogP contribution in [0.5, 0.6) is 0 Å². The molecule has 0 aromatic heterocycles. The van der Waals surface area contributed by atoms with Gasteiger partial charge in [-0.3, -0.25) is 0 Å². The summed E-state index contributed by atoms with van der Waals surface area (Å²) in [5, 5.41) is 0. The zero-order valence-corrected chi connectivity index (χ0v) is 5.85. The Morgan fingerprint density at radius 3 is 1.83 bits per heavy atom. The van der Waals surface area contributed by atoms with Gasteiger partial charge in [-0.1, -0.05) is 0 Å². The van der Waals surface area contributed by atoms with Crippen LogP contribution >= 0.6 is 10.6 Å². The molecule has 4 heteroatoms. The summed E-state index contributed by atoms with van der Waals surface area (Å²) in [6.45, 7) is 1.91. The van der Waals surface area contributed by atoms with E-state index in [9.17, 15) is 0 Å². The average Bonchev–Trinajstić information content (AvgIpc) is 1.37. The number of hydrogen-bond acceptors (Lipinski definition) is 1. The van der Waals surface area contributed by atoms with Crippen LogP contribution in [-0.4, -0.2) is 10.4 Å². The van der Waals surface area contributed by atoms with Crippen LogP contribution in [0.1, 0.15) is 6.92 Å². The maximum Gasteiger partial charge on any atom is 0 e. The molecule has 0 aromatic carbocycles. The molecule has 47 valence electrons. The Bertz CT molecular complexity index is 51.5. The molecule has 0 saturated heterocycles. The molecular formula is C2H6CuNiOS. The van der Waals surface area contributed by atoms with Gasteiger partial charge in [0.1, 0.15) is 0 Å². The van der Waals surface area contributed by atoms with Gasteiger partial charge in [-0.2, -0.15) is 0 Å². The zero-order valence-electron chi connectivity index (χ0n) is 3.10. The first-order chi connectivity index (χ1) is 1.91. The topological polar surface area (TPSA) is 31.5 Å². The molecule has 0 aromatic rings. The van der Waals surface area contributed by atoms with Gasteiger partial charge in [0.05, 0.1) is 0 Å². The van der Waals surface area contributed by atoms with Crippen LogP contribution in [0.4, 0.5) is 0 Å². The molecule has 0 bridgehead atoms. The molecule has 0 spiro atoms. The van der Waals surface area contributed by atoms with E-state index in [1.54, 1.807) is 0 Å². The van der Waals surface area contributed by atoms with Crippen molar-refractivity contribution < 1.29 is 34.9 Å². The van der Waals surface area contributed by atoms with Crippen molar-refractivity contribution in [3.63, 3.8) is 0 Å². The van der Waals surface area contributed by atoms with E-state index in [2.05, 4.69) is 10.6 Å². The van der Waals surface area contributed by atoms with Gasteiger partial charge in [0.25, 0.3) is 0 Å². The maximum absolute atomic E-state index is 4.40. The Hall–Kier alpha value is 1.06. The van der Waals surface area contributed by atoms with Crippen molar-refractivity contribution in [1.82, 2.24) is 0 Å². The first kappa shape index (κ1) is 15.7. The molecular weight excluding hydrogens is 194 g/mol. The molecule has 0 fully saturated rings. The van der Waals surface area contributed by atoms with Crippen LogP contribution in [-0.2, 0) is 29.4 Å². The quantitative estimate of drug-likeness (QED) is 0.513. The summed E-state index contributed by atoms with van der Waals surface area (Å²) in [5.74, 6) is 0. The second-order valence-electron chi connectivity index (χ2n) is 0.245. The fourth-order valence-electron chi connectivity index (χ4n) is 0. The summed E-state index contributed by atoms with van der Waals surface area (Å²) in [4.78, 5) is 1.85. The summed E-state index contributed by atoms with van der Waals surface area (Å²) in [7, 11) is 4.40. The van der Waals surface area contributed by atoms with Crippen molar-refractivity contribution in [2.24, 2.45) is 0 Å². The largest absolute Gasteiger partial charge is 0.412 e. The smallest absolute Gasteiger partial charge is 0 e. The van der Waals surface area contributed by atoms with Crippen LogP contribution in [0.25, 0.3) is 0 Å². The normalized spacial score (nSPS) is 4.83. The Kier molecular flexibility index (Phi) is 43.4. The van der Waals surface area contributed by atoms with Crippen molar-refractivity contribution in [3.8, 4) is 0 Å². The molecule has 0 amide bonds. The Morgan fingerprint density at radius 1 is 1.67 bits per heavy atom. The van der Waals surface area contributed by atoms with Gasteiger partial charge >= 0.3 is 35.3 Å². The first-order valence-corrected chi connectivity index (χ1v) is 2.82. The number of hydrogen-bond donors (Lipinski definition) is 0. The fourth-order valence-corrected chi connectivity index (χ4v) is 0. The SMILES string of the molecule is C[CH]=[Cu]=[S].O.[Ni]. The molecule has 0 saturated carbocycles. The predicted molar refractivity (Wildman–Crippen MR) is 22.9 cm³/mol. The van der Waals surface area contributed by atoms with Gasteiger partial charge in [0.2, 0.25) is 0 Å². The van der Waals surface area contributed by atoms with E-state index < -0.39 is 0 Å². The molecule has 0 atom stereocenters. The molecule has 0 aliphatic rings. The second-order valence-corrected chi connectivity index (χ2v) is 1.60. The average molecular weight is 200 g/mol. The van der Waals surface area contributed by atoms with Gasteiger partial charge in [-0.05, 0) is 0 Å². The Balaban J connectivity index is -0.0000000450. The van der Waals surface area contributed by atoms with Gasteiger partial charge in [-0.15, -0.1) is 0 Å². The van der Waals surface area contributed by atoms with E-state index in [-0.39, 0.29) is 22.0 Å². The van der Waals surface area contributed by atoms with E-state index in [0.717, 1.165) is 0 Å². The van der Waals surface area contributed by atoms with Crippen molar-refractivity contribution in [2.45, 2.75) is 6.92 Å². The molecule has 0 aliphatic carbocycles. The molecule has 0 radical (unpaired) electrons. The molecule has 0 rings (SSSR count). The van der Waals surface area contributed by atoms with Crippen molar-refractivity contribution in [1.29, 1.82) is 0 Å².